The van der Waals surface area contributed by atoms with Gasteiger partial charge in [-0.05, 0) is 13.0 Å². The maximum atomic E-state index is 5.41. The molecule has 0 fully saturated rings. The number of ether oxygens (including phenoxy) is 1. The highest BCUT2D eigenvalue weighted by molar-refractivity contribution is 5.40. The van der Waals surface area contributed by atoms with Crippen LogP contribution < -0.4 is 4.74 Å². The Morgan fingerprint density at radius 3 is 2.83 bits per heavy atom. The van der Waals surface area contributed by atoms with Gasteiger partial charge in [0.15, 0.2) is 0 Å². The molecule has 63 valence electrons. The monoisotopic (exact) mass is 161 g/mol. The van der Waals surface area contributed by atoms with Crippen molar-refractivity contribution >= 4 is 0 Å². The summed E-state index contributed by atoms with van der Waals surface area (Å²) in [5.74, 6) is 0.917. The maximum Gasteiger partial charge on any atom is 0.123 e. The Bertz CT molecular complexity index is 253. The molecule has 0 aliphatic rings. The van der Waals surface area contributed by atoms with Gasteiger partial charge in [0.1, 0.15) is 5.75 Å². The molecule has 1 aromatic rings. The minimum atomic E-state index is 0.696. The van der Waals surface area contributed by atoms with Crippen LogP contribution in [-0.4, -0.2) is 6.61 Å². The minimum absolute atomic E-state index is 0.696. The molecular weight excluding hydrogens is 148 g/mol. The normalized spacial score (nSPS) is 9.42. The quantitative estimate of drug-likeness (QED) is 0.659. The van der Waals surface area contributed by atoms with Gasteiger partial charge in [0.2, 0.25) is 0 Å². The molecule has 0 amide bonds. The first-order chi connectivity index (χ1) is 5.88. The van der Waals surface area contributed by atoms with Gasteiger partial charge in [-0.25, -0.2) is 0 Å². The number of allylic oxidation sites excluding steroid dienone is 1. The van der Waals surface area contributed by atoms with Crippen molar-refractivity contribution < 1.29 is 4.74 Å². The summed E-state index contributed by atoms with van der Waals surface area (Å²) >= 11 is 0. The summed E-state index contributed by atoms with van der Waals surface area (Å²) in [6.07, 6.45) is 3.70. The molecule has 0 saturated carbocycles. The van der Waals surface area contributed by atoms with Crippen LogP contribution >= 0.6 is 0 Å². The van der Waals surface area contributed by atoms with Gasteiger partial charge in [-0.1, -0.05) is 24.3 Å². The number of benzene rings is 1. The van der Waals surface area contributed by atoms with E-state index in [1.165, 1.54) is 0 Å². The predicted molar refractivity (Wildman–Crippen MR) is 51.2 cm³/mol. The van der Waals surface area contributed by atoms with Crippen LogP contribution in [0, 0.1) is 6.42 Å². The molecule has 1 rings (SSSR count). The molecule has 0 spiro atoms. The SMILES string of the molecule is C=C[CH]c1ccccc1OCC. The molecule has 0 heterocycles. The zero-order valence-electron chi connectivity index (χ0n) is 7.29. The largest absolute Gasteiger partial charge is 0.494 e. The smallest absolute Gasteiger partial charge is 0.123 e. The number of para-hydroxylation sites is 1. The maximum absolute atomic E-state index is 5.41. The lowest BCUT2D eigenvalue weighted by Crippen LogP contribution is -1.94. The second kappa shape index (κ2) is 4.60. The molecule has 0 unspecified atom stereocenters. The lowest BCUT2D eigenvalue weighted by atomic mass is 10.1. The molecular formula is C11H13O. The van der Waals surface area contributed by atoms with Crippen LogP contribution in [0.3, 0.4) is 0 Å². The van der Waals surface area contributed by atoms with Crippen LogP contribution in [0.2, 0.25) is 0 Å². The van der Waals surface area contributed by atoms with Crippen molar-refractivity contribution in [3.8, 4) is 5.75 Å². The summed E-state index contributed by atoms with van der Waals surface area (Å²) in [6.45, 7) is 6.32. The number of hydrogen-bond acceptors (Lipinski definition) is 1. The highest BCUT2D eigenvalue weighted by Crippen LogP contribution is 2.19. The first-order valence-electron chi connectivity index (χ1n) is 4.06. The molecule has 0 aliphatic heterocycles. The highest BCUT2D eigenvalue weighted by Gasteiger charge is 1.98. The van der Waals surface area contributed by atoms with E-state index < -0.39 is 0 Å². The van der Waals surface area contributed by atoms with Gasteiger partial charge in [0.05, 0.1) is 6.61 Å². The van der Waals surface area contributed by atoms with E-state index in [0.717, 1.165) is 11.3 Å². The molecule has 0 N–H and O–H groups in total. The molecule has 12 heavy (non-hydrogen) atoms. The molecule has 1 radical (unpaired) electrons. The van der Waals surface area contributed by atoms with E-state index in [1.54, 1.807) is 6.08 Å². The Labute approximate surface area is 73.7 Å². The van der Waals surface area contributed by atoms with Crippen molar-refractivity contribution in [2.75, 3.05) is 6.61 Å². The van der Waals surface area contributed by atoms with Crippen LogP contribution in [0.4, 0.5) is 0 Å². The zero-order valence-corrected chi connectivity index (χ0v) is 7.29. The van der Waals surface area contributed by atoms with Gasteiger partial charge in [0, 0.05) is 12.0 Å². The molecule has 0 atom stereocenters. The van der Waals surface area contributed by atoms with Gasteiger partial charge in [0.25, 0.3) is 0 Å². The fraction of sp³-hybridized carbons (Fsp3) is 0.182. The van der Waals surface area contributed by atoms with Crippen molar-refractivity contribution in [3.05, 3.63) is 48.9 Å². The highest BCUT2D eigenvalue weighted by atomic mass is 16.5. The van der Waals surface area contributed by atoms with Crippen molar-refractivity contribution in [1.29, 1.82) is 0 Å². The molecule has 1 aromatic carbocycles. The Morgan fingerprint density at radius 1 is 1.42 bits per heavy atom. The number of rotatable bonds is 4. The van der Waals surface area contributed by atoms with Crippen LogP contribution in [-0.2, 0) is 0 Å². The second-order valence-corrected chi connectivity index (χ2v) is 2.37. The zero-order chi connectivity index (χ0) is 8.81. The average Bonchev–Trinajstić information content (AvgIpc) is 2.09. The summed E-state index contributed by atoms with van der Waals surface area (Å²) in [4.78, 5) is 0. The topological polar surface area (TPSA) is 9.23 Å². The van der Waals surface area contributed by atoms with Gasteiger partial charge >= 0.3 is 0 Å². The van der Waals surface area contributed by atoms with Crippen LogP contribution in [0.1, 0.15) is 12.5 Å². The molecule has 0 aromatic heterocycles. The Hall–Kier alpha value is -1.24. The van der Waals surface area contributed by atoms with E-state index in [0.29, 0.717) is 6.61 Å². The summed E-state index contributed by atoms with van der Waals surface area (Å²) in [5.41, 5.74) is 1.08. The summed E-state index contributed by atoms with van der Waals surface area (Å²) in [6, 6.07) is 7.91. The molecule has 1 heteroatoms. The summed E-state index contributed by atoms with van der Waals surface area (Å²) in [7, 11) is 0. The third kappa shape index (κ3) is 2.12. The van der Waals surface area contributed by atoms with E-state index in [-0.39, 0.29) is 0 Å². The number of hydrogen-bond donors (Lipinski definition) is 0. The summed E-state index contributed by atoms with van der Waals surface area (Å²) in [5, 5.41) is 0. The van der Waals surface area contributed by atoms with Gasteiger partial charge in [-0.3, -0.25) is 0 Å². The minimum Gasteiger partial charge on any atom is -0.494 e. The second-order valence-electron chi connectivity index (χ2n) is 2.37. The Balaban J connectivity index is 2.83. The van der Waals surface area contributed by atoms with Crippen LogP contribution in [0.5, 0.6) is 5.75 Å². The fourth-order valence-corrected chi connectivity index (χ4v) is 1.03. The standard InChI is InChI=1S/C11H13O/c1-3-7-10-8-5-6-9-11(10)12-4-2/h3,5-9H,1,4H2,2H3. The van der Waals surface area contributed by atoms with E-state index in [2.05, 4.69) is 6.58 Å². The third-order valence-electron chi connectivity index (χ3n) is 1.52. The fourth-order valence-electron chi connectivity index (χ4n) is 1.03. The van der Waals surface area contributed by atoms with E-state index in [1.807, 2.05) is 37.6 Å². The van der Waals surface area contributed by atoms with E-state index in [9.17, 15) is 0 Å². The lowest BCUT2D eigenvalue weighted by molar-refractivity contribution is 0.338. The van der Waals surface area contributed by atoms with Crippen LogP contribution in [0.15, 0.2) is 36.9 Å². The van der Waals surface area contributed by atoms with E-state index >= 15 is 0 Å². The molecule has 1 nitrogen and oxygen atoms in total. The molecule has 0 saturated heterocycles. The summed E-state index contributed by atoms with van der Waals surface area (Å²) < 4.78 is 5.41. The predicted octanol–water partition coefficient (Wildman–Crippen LogP) is 2.82. The van der Waals surface area contributed by atoms with E-state index in [4.69, 9.17) is 4.74 Å². The first kappa shape index (κ1) is 8.85. The van der Waals surface area contributed by atoms with Gasteiger partial charge in [-0.2, -0.15) is 0 Å². The van der Waals surface area contributed by atoms with Crippen molar-refractivity contribution in [2.45, 2.75) is 6.92 Å². The van der Waals surface area contributed by atoms with Crippen LogP contribution in [0.25, 0.3) is 0 Å². The average molecular weight is 161 g/mol. The molecule has 0 bridgehead atoms. The Morgan fingerprint density at radius 2 is 2.17 bits per heavy atom. The van der Waals surface area contributed by atoms with Crippen molar-refractivity contribution in [3.63, 3.8) is 0 Å². The Kier molecular flexibility index (Phi) is 3.39. The lowest BCUT2D eigenvalue weighted by Gasteiger charge is -2.06. The van der Waals surface area contributed by atoms with Crippen molar-refractivity contribution in [1.82, 2.24) is 0 Å². The van der Waals surface area contributed by atoms with Crippen molar-refractivity contribution in [2.24, 2.45) is 0 Å². The van der Waals surface area contributed by atoms with Gasteiger partial charge in [-0.15, -0.1) is 6.58 Å². The molecule has 0 aliphatic carbocycles. The first-order valence-corrected chi connectivity index (χ1v) is 4.06. The third-order valence-corrected chi connectivity index (χ3v) is 1.52. The van der Waals surface area contributed by atoms with Gasteiger partial charge < -0.3 is 4.74 Å².